The molecule has 0 radical (unpaired) electrons. The van der Waals surface area contributed by atoms with Crippen molar-refractivity contribution in [3.8, 4) is 11.5 Å². The Morgan fingerprint density at radius 3 is 2.63 bits per heavy atom. The fourth-order valence-electron chi connectivity index (χ4n) is 1.61. The summed E-state index contributed by atoms with van der Waals surface area (Å²) < 4.78 is 50.7. The quantitative estimate of drug-likeness (QED) is 0.839. The van der Waals surface area contributed by atoms with E-state index in [0.29, 0.717) is 24.7 Å². The maximum atomic E-state index is 11.8. The molecule has 106 valence electrons. The van der Waals surface area contributed by atoms with Crippen LogP contribution in [0.1, 0.15) is 0 Å². The van der Waals surface area contributed by atoms with E-state index in [0.717, 1.165) is 5.69 Å². The average Bonchev–Trinajstić information content (AvgIpc) is 2.37. The molecule has 0 saturated carbocycles. The standard InChI is InChI=1S/C12H14F3NO3/c13-12(14,15)8-17-4-3-16-9-1-2-10-11(7-9)19-6-5-18-10/h1-2,7,16H,3-6,8H2. The first-order valence-corrected chi connectivity index (χ1v) is 5.83. The van der Waals surface area contributed by atoms with Crippen molar-refractivity contribution in [3.63, 3.8) is 0 Å². The highest BCUT2D eigenvalue weighted by molar-refractivity contribution is 5.55. The first kappa shape index (κ1) is 13.8. The molecule has 2 rings (SSSR count). The molecule has 1 aromatic carbocycles. The van der Waals surface area contributed by atoms with Crippen LogP contribution >= 0.6 is 0 Å². The van der Waals surface area contributed by atoms with Gasteiger partial charge >= 0.3 is 6.18 Å². The highest BCUT2D eigenvalue weighted by Gasteiger charge is 2.27. The monoisotopic (exact) mass is 277 g/mol. The Balaban J connectivity index is 1.74. The van der Waals surface area contributed by atoms with Crippen LogP contribution in [0.15, 0.2) is 18.2 Å². The second-order valence-corrected chi connectivity index (χ2v) is 3.95. The van der Waals surface area contributed by atoms with Gasteiger partial charge in [0.05, 0.1) is 6.61 Å². The van der Waals surface area contributed by atoms with Crippen molar-refractivity contribution in [1.82, 2.24) is 0 Å². The van der Waals surface area contributed by atoms with E-state index in [1.807, 2.05) is 0 Å². The number of nitrogens with one attached hydrogen (secondary N) is 1. The van der Waals surface area contributed by atoms with Crippen LogP contribution in [-0.4, -0.2) is 39.1 Å². The summed E-state index contributed by atoms with van der Waals surface area (Å²) in [7, 11) is 0. The van der Waals surface area contributed by atoms with E-state index < -0.39 is 12.8 Å². The molecule has 0 unspecified atom stereocenters. The molecular formula is C12H14F3NO3. The second kappa shape index (κ2) is 6.01. The van der Waals surface area contributed by atoms with E-state index >= 15 is 0 Å². The predicted molar refractivity (Wildman–Crippen MR) is 62.8 cm³/mol. The molecule has 0 spiro atoms. The Kier molecular flexibility index (Phi) is 4.36. The molecule has 19 heavy (non-hydrogen) atoms. The van der Waals surface area contributed by atoms with E-state index in [-0.39, 0.29) is 13.2 Å². The number of benzene rings is 1. The van der Waals surface area contributed by atoms with Gasteiger partial charge in [0.15, 0.2) is 11.5 Å². The van der Waals surface area contributed by atoms with Gasteiger partial charge in [-0.2, -0.15) is 13.2 Å². The van der Waals surface area contributed by atoms with Gasteiger partial charge < -0.3 is 19.5 Å². The Hall–Kier alpha value is -1.63. The number of anilines is 1. The number of alkyl halides is 3. The van der Waals surface area contributed by atoms with Crippen molar-refractivity contribution in [2.45, 2.75) is 6.18 Å². The van der Waals surface area contributed by atoms with Crippen LogP contribution in [0, 0.1) is 0 Å². The van der Waals surface area contributed by atoms with E-state index in [9.17, 15) is 13.2 Å². The summed E-state index contributed by atoms with van der Waals surface area (Å²) in [6, 6.07) is 5.28. The number of ether oxygens (including phenoxy) is 3. The Morgan fingerprint density at radius 1 is 1.16 bits per heavy atom. The summed E-state index contributed by atoms with van der Waals surface area (Å²) in [5.41, 5.74) is 0.750. The summed E-state index contributed by atoms with van der Waals surface area (Å²) in [4.78, 5) is 0. The normalized spacial score (nSPS) is 14.3. The van der Waals surface area contributed by atoms with E-state index in [4.69, 9.17) is 9.47 Å². The largest absolute Gasteiger partial charge is 0.486 e. The fraction of sp³-hybridized carbons (Fsp3) is 0.500. The third-order valence-electron chi connectivity index (χ3n) is 2.38. The zero-order valence-corrected chi connectivity index (χ0v) is 10.1. The molecule has 0 atom stereocenters. The number of fused-ring (bicyclic) bond motifs is 1. The lowest BCUT2D eigenvalue weighted by Crippen LogP contribution is -2.20. The summed E-state index contributed by atoms with van der Waals surface area (Å²) in [5, 5.41) is 2.95. The van der Waals surface area contributed by atoms with Crippen molar-refractivity contribution in [2.24, 2.45) is 0 Å². The number of hydrogen-bond acceptors (Lipinski definition) is 4. The lowest BCUT2D eigenvalue weighted by atomic mass is 10.2. The molecule has 4 nitrogen and oxygen atoms in total. The first-order chi connectivity index (χ1) is 9.04. The highest BCUT2D eigenvalue weighted by Crippen LogP contribution is 2.32. The van der Waals surface area contributed by atoms with E-state index in [1.165, 1.54) is 0 Å². The Bertz CT molecular complexity index is 423. The van der Waals surface area contributed by atoms with Gasteiger partial charge in [0.25, 0.3) is 0 Å². The van der Waals surface area contributed by atoms with Crippen LogP contribution in [-0.2, 0) is 4.74 Å². The molecule has 1 aromatic rings. The van der Waals surface area contributed by atoms with E-state index in [1.54, 1.807) is 18.2 Å². The Labute approximate surface area is 108 Å². The summed E-state index contributed by atoms with van der Waals surface area (Å²) in [5.74, 6) is 1.30. The minimum atomic E-state index is -4.28. The molecule has 0 fully saturated rings. The number of hydrogen-bond donors (Lipinski definition) is 1. The highest BCUT2D eigenvalue weighted by atomic mass is 19.4. The molecule has 0 amide bonds. The molecule has 0 aromatic heterocycles. The van der Waals surface area contributed by atoms with Gasteiger partial charge in [-0.1, -0.05) is 0 Å². The molecular weight excluding hydrogens is 263 g/mol. The number of rotatable bonds is 5. The topological polar surface area (TPSA) is 39.7 Å². The minimum absolute atomic E-state index is 0.0199. The zero-order chi connectivity index (χ0) is 13.7. The smallest absolute Gasteiger partial charge is 0.411 e. The molecule has 7 heteroatoms. The van der Waals surface area contributed by atoms with Gasteiger partial charge in [0.1, 0.15) is 19.8 Å². The van der Waals surface area contributed by atoms with Gasteiger partial charge in [-0.15, -0.1) is 0 Å². The van der Waals surface area contributed by atoms with Crippen LogP contribution in [0.4, 0.5) is 18.9 Å². The minimum Gasteiger partial charge on any atom is -0.486 e. The molecule has 1 N–H and O–H groups in total. The molecule has 0 saturated heterocycles. The van der Waals surface area contributed by atoms with Gasteiger partial charge in [-0.25, -0.2) is 0 Å². The second-order valence-electron chi connectivity index (χ2n) is 3.95. The number of halogens is 3. The van der Waals surface area contributed by atoms with Gasteiger partial charge in [-0.3, -0.25) is 0 Å². The van der Waals surface area contributed by atoms with Gasteiger partial charge in [0, 0.05) is 18.3 Å². The van der Waals surface area contributed by atoms with Crippen LogP contribution in [0.25, 0.3) is 0 Å². The third kappa shape index (κ3) is 4.51. The van der Waals surface area contributed by atoms with Crippen molar-refractivity contribution in [3.05, 3.63) is 18.2 Å². The molecule has 0 bridgehead atoms. The molecule has 0 aliphatic carbocycles. The summed E-state index contributed by atoms with van der Waals surface area (Å²) >= 11 is 0. The van der Waals surface area contributed by atoms with Crippen LogP contribution in [0.5, 0.6) is 11.5 Å². The van der Waals surface area contributed by atoms with Crippen LogP contribution in [0.3, 0.4) is 0 Å². The van der Waals surface area contributed by atoms with Gasteiger partial charge in [0.2, 0.25) is 0 Å². The van der Waals surface area contributed by atoms with Crippen LogP contribution in [0.2, 0.25) is 0 Å². The predicted octanol–water partition coefficient (Wildman–Crippen LogP) is 2.45. The zero-order valence-electron chi connectivity index (χ0n) is 10.1. The first-order valence-electron chi connectivity index (χ1n) is 5.83. The Morgan fingerprint density at radius 2 is 1.89 bits per heavy atom. The average molecular weight is 277 g/mol. The maximum Gasteiger partial charge on any atom is 0.411 e. The fourth-order valence-corrected chi connectivity index (χ4v) is 1.61. The lowest BCUT2D eigenvalue weighted by molar-refractivity contribution is -0.172. The lowest BCUT2D eigenvalue weighted by Gasteiger charge is -2.19. The van der Waals surface area contributed by atoms with Crippen molar-refractivity contribution in [1.29, 1.82) is 0 Å². The third-order valence-corrected chi connectivity index (χ3v) is 2.38. The van der Waals surface area contributed by atoms with Crippen molar-refractivity contribution in [2.75, 3.05) is 38.3 Å². The van der Waals surface area contributed by atoms with Crippen LogP contribution < -0.4 is 14.8 Å². The SMILES string of the molecule is FC(F)(F)COCCNc1ccc2c(c1)OCCO2. The van der Waals surface area contributed by atoms with Crippen molar-refractivity contribution >= 4 is 5.69 Å². The molecule has 1 aliphatic heterocycles. The van der Waals surface area contributed by atoms with Crippen molar-refractivity contribution < 1.29 is 27.4 Å². The summed E-state index contributed by atoms with van der Waals surface area (Å²) in [6.07, 6.45) is -4.28. The molecule has 1 aliphatic rings. The van der Waals surface area contributed by atoms with E-state index in [2.05, 4.69) is 10.1 Å². The maximum absolute atomic E-state index is 11.8. The van der Waals surface area contributed by atoms with Gasteiger partial charge in [-0.05, 0) is 12.1 Å². The molecule has 1 heterocycles. The summed E-state index contributed by atoms with van der Waals surface area (Å²) in [6.45, 7) is 0.0513.